The van der Waals surface area contributed by atoms with Crippen LogP contribution in [-0.4, -0.2) is 13.0 Å². The van der Waals surface area contributed by atoms with Gasteiger partial charge in [-0.15, -0.1) is 0 Å². The summed E-state index contributed by atoms with van der Waals surface area (Å²) >= 11 is 0. The smallest absolute Gasteiger partial charge is 0.243 e. The molecule has 0 aromatic heterocycles. The summed E-state index contributed by atoms with van der Waals surface area (Å²) in [4.78, 5) is 11.2. The summed E-state index contributed by atoms with van der Waals surface area (Å²) in [6.45, 7) is 3.45. The highest BCUT2D eigenvalue weighted by Crippen LogP contribution is 2.33. The average Bonchev–Trinajstić information content (AvgIpc) is 2.71. The fourth-order valence-electron chi connectivity index (χ4n) is 2.10. The second-order valence-electron chi connectivity index (χ2n) is 3.87. The lowest BCUT2D eigenvalue weighted by Crippen LogP contribution is -2.24. The third-order valence-electron chi connectivity index (χ3n) is 2.93. The summed E-state index contributed by atoms with van der Waals surface area (Å²) in [7, 11) is 1.66. The molecule has 0 aliphatic heterocycles. The van der Waals surface area contributed by atoms with Crippen molar-refractivity contribution in [3.63, 3.8) is 0 Å². The highest BCUT2D eigenvalue weighted by atomic mass is 16.5. The van der Waals surface area contributed by atoms with Crippen LogP contribution in [0.2, 0.25) is 0 Å². The molecule has 1 aliphatic rings. The number of amides is 1. The summed E-state index contributed by atoms with van der Waals surface area (Å²) in [5.41, 5.74) is 2.45. The Morgan fingerprint density at radius 3 is 3.12 bits per heavy atom. The monoisotopic (exact) mass is 217 g/mol. The Labute approximate surface area is 95.1 Å². The Morgan fingerprint density at radius 2 is 2.44 bits per heavy atom. The minimum absolute atomic E-state index is 0.117. The topological polar surface area (TPSA) is 38.3 Å². The first-order valence-electron chi connectivity index (χ1n) is 5.34. The van der Waals surface area contributed by atoms with E-state index >= 15 is 0 Å². The first-order chi connectivity index (χ1) is 7.74. The summed E-state index contributed by atoms with van der Waals surface area (Å²) in [6, 6.07) is 6.10. The molecule has 0 fully saturated rings. The Kier molecular flexibility index (Phi) is 2.95. The van der Waals surface area contributed by atoms with Gasteiger partial charge in [-0.2, -0.15) is 0 Å². The van der Waals surface area contributed by atoms with E-state index in [2.05, 4.69) is 11.9 Å². The summed E-state index contributed by atoms with van der Waals surface area (Å²) in [5, 5.41) is 2.92. The normalized spacial score (nSPS) is 17.7. The van der Waals surface area contributed by atoms with Gasteiger partial charge in [-0.25, -0.2) is 0 Å². The molecule has 16 heavy (non-hydrogen) atoms. The van der Waals surface area contributed by atoms with Crippen LogP contribution in [0.4, 0.5) is 0 Å². The van der Waals surface area contributed by atoms with E-state index in [1.165, 1.54) is 17.2 Å². The standard InChI is InChI=1S/C13H15NO2/c1-3-13(15)14-12-7-4-9-8-10(16-2)5-6-11(9)12/h3,5-6,8,12H,1,4,7H2,2H3,(H,14,15)/t12-/m0/s1. The van der Waals surface area contributed by atoms with E-state index in [1.54, 1.807) is 7.11 Å². The molecule has 1 aromatic rings. The van der Waals surface area contributed by atoms with Crippen molar-refractivity contribution in [2.24, 2.45) is 0 Å². The number of rotatable bonds is 3. The van der Waals surface area contributed by atoms with Crippen molar-refractivity contribution in [3.8, 4) is 5.75 Å². The number of nitrogens with one attached hydrogen (secondary N) is 1. The van der Waals surface area contributed by atoms with Gasteiger partial charge in [0.05, 0.1) is 13.2 Å². The summed E-state index contributed by atoms with van der Waals surface area (Å²) in [5.74, 6) is 0.753. The molecule has 0 spiro atoms. The van der Waals surface area contributed by atoms with Crippen molar-refractivity contribution >= 4 is 5.91 Å². The van der Waals surface area contributed by atoms with Gasteiger partial charge in [0.2, 0.25) is 5.91 Å². The molecule has 3 nitrogen and oxygen atoms in total. The number of carbonyl (C=O) groups excluding carboxylic acids is 1. The lowest BCUT2D eigenvalue weighted by atomic mass is 10.1. The maximum atomic E-state index is 11.2. The Hall–Kier alpha value is -1.77. The first kappa shape index (κ1) is 10.7. The van der Waals surface area contributed by atoms with Crippen molar-refractivity contribution in [1.82, 2.24) is 5.32 Å². The van der Waals surface area contributed by atoms with Crippen LogP contribution >= 0.6 is 0 Å². The number of fused-ring (bicyclic) bond motifs is 1. The van der Waals surface area contributed by atoms with Crippen LogP contribution < -0.4 is 10.1 Å². The van der Waals surface area contributed by atoms with Crippen LogP contribution in [0.15, 0.2) is 30.9 Å². The number of aryl methyl sites for hydroxylation is 1. The molecule has 1 atom stereocenters. The van der Waals surface area contributed by atoms with E-state index in [1.807, 2.05) is 18.2 Å². The van der Waals surface area contributed by atoms with Crippen LogP contribution in [0.1, 0.15) is 23.6 Å². The summed E-state index contributed by atoms with van der Waals surface area (Å²) < 4.78 is 5.17. The van der Waals surface area contributed by atoms with Crippen LogP contribution in [0.3, 0.4) is 0 Å². The van der Waals surface area contributed by atoms with Gasteiger partial charge in [0.25, 0.3) is 0 Å². The highest BCUT2D eigenvalue weighted by Gasteiger charge is 2.23. The van der Waals surface area contributed by atoms with Gasteiger partial charge < -0.3 is 10.1 Å². The Balaban J connectivity index is 2.20. The molecule has 0 saturated heterocycles. The molecule has 1 N–H and O–H groups in total. The van der Waals surface area contributed by atoms with E-state index in [0.717, 1.165) is 18.6 Å². The minimum Gasteiger partial charge on any atom is -0.497 e. The van der Waals surface area contributed by atoms with Gasteiger partial charge in [-0.1, -0.05) is 12.6 Å². The van der Waals surface area contributed by atoms with Gasteiger partial charge in [-0.3, -0.25) is 4.79 Å². The lowest BCUT2D eigenvalue weighted by Gasteiger charge is -2.12. The maximum absolute atomic E-state index is 11.2. The molecule has 2 rings (SSSR count). The predicted octanol–water partition coefficient (Wildman–Crippen LogP) is 1.98. The SMILES string of the molecule is C=CC(=O)N[C@H]1CCc2cc(OC)ccc21. The zero-order chi connectivity index (χ0) is 11.5. The number of carbonyl (C=O) groups is 1. The molecule has 0 unspecified atom stereocenters. The van der Waals surface area contributed by atoms with Crippen molar-refractivity contribution in [1.29, 1.82) is 0 Å². The predicted molar refractivity (Wildman–Crippen MR) is 62.4 cm³/mol. The largest absolute Gasteiger partial charge is 0.497 e. The second kappa shape index (κ2) is 4.39. The number of ether oxygens (including phenoxy) is 1. The molecule has 0 heterocycles. The number of methoxy groups -OCH3 is 1. The number of benzene rings is 1. The zero-order valence-electron chi connectivity index (χ0n) is 9.32. The number of hydrogen-bond donors (Lipinski definition) is 1. The fourth-order valence-corrected chi connectivity index (χ4v) is 2.10. The van der Waals surface area contributed by atoms with Crippen molar-refractivity contribution in [2.75, 3.05) is 7.11 Å². The van der Waals surface area contributed by atoms with Crippen molar-refractivity contribution in [3.05, 3.63) is 42.0 Å². The fraction of sp³-hybridized carbons (Fsp3) is 0.308. The van der Waals surface area contributed by atoms with Gasteiger partial charge in [0.1, 0.15) is 5.75 Å². The first-order valence-corrected chi connectivity index (χ1v) is 5.34. The van der Waals surface area contributed by atoms with Crippen molar-refractivity contribution in [2.45, 2.75) is 18.9 Å². The second-order valence-corrected chi connectivity index (χ2v) is 3.87. The molecule has 1 amide bonds. The summed E-state index contributed by atoms with van der Waals surface area (Å²) in [6.07, 6.45) is 3.23. The number of hydrogen-bond acceptors (Lipinski definition) is 2. The Bertz CT molecular complexity index is 426. The molecule has 1 aromatic carbocycles. The molecule has 0 bridgehead atoms. The van der Waals surface area contributed by atoms with E-state index < -0.39 is 0 Å². The van der Waals surface area contributed by atoms with Gasteiger partial charge in [0, 0.05) is 0 Å². The van der Waals surface area contributed by atoms with Crippen LogP contribution in [-0.2, 0) is 11.2 Å². The quantitative estimate of drug-likeness (QED) is 0.786. The van der Waals surface area contributed by atoms with Crippen LogP contribution in [0.25, 0.3) is 0 Å². The molecular formula is C13H15NO2. The highest BCUT2D eigenvalue weighted by molar-refractivity contribution is 5.87. The zero-order valence-corrected chi connectivity index (χ0v) is 9.32. The molecule has 1 aliphatic carbocycles. The average molecular weight is 217 g/mol. The van der Waals surface area contributed by atoms with E-state index in [-0.39, 0.29) is 11.9 Å². The molecule has 0 saturated carbocycles. The van der Waals surface area contributed by atoms with Gasteiger partial charge in [0.15, 0.2) is 0 Å². The third kappa shape index (κ3) is 1.94. The van der Waals surface area contributed by atoms with E-state index in [4.69, 9.17) is 4.74 Å². The van der Waals surface area contributed by atoms with Gasteiger partial charge in [-0.05, 0) is 42.2 Å². The van der Waals surface area contributed by atoms with Gasteiger partial charge >= 0.3 is 0 Å². The maximum Gasteiger partial charge on any atom is 0.243 e. The lowest BCUT2D eigenvalue weighted by molar-refractivity contribution is -0.117. The third-order valence-corrected chi connectivity index (χ3v) is 2.93. The van der Waals surface area contributed by atoms with Crippen LogP contribution in [0, 0.1) is 0 Å². The molecule has 84 valence electrons. The van der Waals surface area contributed by atoms with Crippen LogP contribution in [0.5, 0.6) is 5.75 Å². The van der Waals surface area contributed by atoms with Crippen molar-refractivity contribution < 1.29 is 9.53 Å². The van der Waals surface area contributed by atoms with E-state index in [0.29, 0.717) is 0 Å². The molecule has 0 radical (unpaired) electrons. The molecular weight excluding hydrogens is 202 g/mol. The Morgan fingerprint density at radius 1 is 1.62 bits per heavy atom. The van der Waals surface area contributed by atoms with E-state index in [9.17, 15) is 4.79 Å². The minimum atomic E-state index is -0.117. The molecule has 3 heteroatoms.